The molecule has 3 aromatic carbocycles. The van der Waals surface area contributed by atoms with Crippen molar-refractivity contribution in [1.29, 1.82) is 0 Å². The summed E-state index contributed by atoms with van der Waals surface area (Å²) < 4.78 is 49.3. The molecule has 1 amide bonds. The molecule has 0 heterocycles. The van der Waals surface area contributed by atoms with E-state index in [1.54, 1.807) is 49.4 Å². The Morgan fingerprint density at radius 3 is 2.41 bits per heavy atom. The van der Waals surface area contributed by atoms with Gasteiger partial charge in [-0.2, -0.15) is 13.2 Å². The number of aryl methyl sites for hydroxylation is 1. The molecule has 6 nitrogen and oxygen atoms in total. The van der Waals surface area contributed by atoms with Gasteiger partial charge in [0.2, 0.25) is 0 Å². The smallest absolute Gasteiger partial charge is 0.416 e. The lowest BCUT2D eigenvalue weighted by molar-refractivity contribution is -0.139. The molecule has 0 fully saturated rings. The number of nitrogens with one attached hydrogen (secondary N) is 1. The molecule has 178 valence electrons. The van der Waals surface area contributed by atoms with Crippen LogP contribution in [0.25, 0.3) is 0 Å². The lowest BCUT2D eigenvalue weighted by Gasteiger charge is -2.12. The largest absolute Gasteiger partial charge is 0.482 e. The van der Waals surface area contributed by atoms with E-state index in [-0.39, 0.29) is 17.1 Å². The quantitative estimate of drug-likeness (QED) is 0.411. The Kier molecular flexibility index (Phi) is 7.68. The van der Waals surface area contributed by atoms with Gasteiger partial charge in [-0.25, -0.2) is 4.79 Å². The third-order valence-electron chi connectivity index (χ3n) is 4.63. The third-order valence-corrected chi connectivity index (χ3v) is 4.94. The van der Waals surface area contributed by atoms with Gasteiger partial charge < -0.3 is 19.9 Å². The maximum atomic E-state index is 12.8. The number of halogens is 4. The fraction of sp³-hybridized carbons (Fsp3) is 0.167. The van der Waals surface area contributed by atoms with E-state index in [4.69, 9.17) is 26.2 Å². The zero-order valence-corrected chi connectivity index (χ0v) is 18.5. The van der Waals surface area contributed by atoms with E-state index in [0.29, 0.717) is 34.4 Å². The van der Waals surface area contributed by atoms with Gasteiger partial charge in [0.25, 0.3) is 5.91 Å². The molecule has 0 aromatic heterocycles. The van der Waals surface area contributed by atoms with E-state index in [1.165, 1.54) is 0 Å². The second-order valence-electron chi connectivity index (χ2n) is 7.23. The van der Waals surface area contributed by atoms with E-state index in [9.17, 15) is 22.8 Å². The first kappa shape index (κ1) is 24.9. The van der Waals surface area contributed by atoms with Gasteiger partial charge in [-0.15, -0.1) is 0 Å². The van der Waals surface area contributed by atoms with E-state index in [2.05, 4.69) is 5.32 Å². The SMILES string of the molecule is Cc1cc(Oc2cccc(CNC(=O)c3ccc(C(F)(F)F)cc3Cl)c2)ccc1OCC(=O)O. The van der Waals surface area contributed by atoms with E-state index in [1.807, 2.05) is 0 Å². The van der Waals surface area contributed by atoms with Crippen molar-refractivity contribution in [2.45, 2.75) is 19.6 Å². The summed E-state index contributed by atoms with van der Waals surface area (Å²) in [5, 5.41) is 11.0. The van der Waals surface area contributed by atoms with Crippen LogP contribution in [0.15, 0.2) is 60.7 Å². The first-order valence-electron chi connectivity index (χ1n) is 9.90. The summed E-state index contributed by atoms with van der Waals surface area (Å²) in [7, 11) is 0. The molecule has 34 heavy (non-hydrogen) atoms. The van der Waals surface area contributed by atoms with Crippen LogP contribution in [-0.2, 0) is 17.5 Å². The van der Waals surface area contributed by atoms with Crippen LogP contribution >= 0.6 is 11.6 Å². The maximum Gasteiger partial charge on any atom is 0.416 e. The molecule has 0 unspecified atom stereocenters. The normalized spacial score (nSPS) is 11.1. The topological polar surface area (TPSA) is 84.9 Å². The highest BCUT2D eigenvalue weighted by Crippen LogP contribution is 2.32. The van der Waals surface area contributed by atoms with Crippen LogP contribution in [0.5, 0.6) is 17.2 Å². The molecule has 10 heteroatoms. The number of alkyl halides is 3. The van der Waals surface area contributed by atoms with Gasteiger partial charge in [-0.3, -0.25) is 4.79 Å². The number of rotatable bonds is 8. The van der Waals surface area contributed by atoms with Gasteiger partial charge in [-0.1, -0.05) is 23.7 Å². The summed E-state index contributed by atoms with van der Waals surface area (Å²) in [5.41, 5.74) is 0.376. The van der Waals surface area contributed by atoms with Crippen LogP contribution in [0.3, 0.4) is 0 Å². The van der Waals surface area contributed by atoms with Crippen molar-refractivity contribution < 1.29 is 37.3 Å². The van der Waals surface area contributed by atoms with Gasteiger partial charge in [0.05, 0.1) is 16.1 Å². The number of hydrogen-bond acceptors (Lipinski definition) is 4. The molecule has 0 aliphatic carbocycles. The average molecular weight is 494 g/mol. The van der Waals surface area contributed by atoms with E-state index >= 15 is 0 Å². The van der Waals surface area contributed by atoms with Crippen molar-refractivity contribution in [3.05, 3.63) is 87.9 Å². The molecule has 2 N–H and O–H groups in total. The number of amides is 1. The standard InChI is InChI=1S/C24H19ClF3NO5/c1-14-9-18(6-8-21(14)33-13-22(30)31)34-17-4-2-3-15(10-17)12-29-23(32)19-7-5-16(11-20(19)25)24(26,27)28/h2-11H,12-13H2,1H3,(H,29,32)(H,30,31). The van der Waals surface area contributed by atoms with Crippen molar-refractivity contribution in [3.63, 3.8) is 0 Å². The number of hydrogen-bond donors (Lipinski definition) is 2. The first-order valence-corrected chi connectivity index (χ1v) is 10.3. The number of aliphatic carboxylic acids is 1. The summed E-state index contributed by atoms with van der Waals surface area (Å²) >= 11 is 5.87. The second kappa shape index (κ2) is 10.5. The van der Waals surface area contributed by atoms with Crippen molar-refractivity contribution in [3.8, 4) is 17.2 Å². The molecule has 3 aromatic rings. The molecule has 0 saturated heterocycles. The van der Waals surface area contributed by atoms with E-state index in [0.717, 1.165) is 12.1 Å². The predicted octanol–water partition coefficient (Wildman–Crippen LogP) is 5.85. The number of ether oxygens (including phenoxy) is 2. The first-order chi connectivity index (χ1) is 16.0. The third kappa shape index (κ3) is 6.64. The monoisotopic (exact) mass is 493 g/mol. The lowest BCUT2D eigenvalue weighted by Crippen LogP contribution is -2.23. The van der Waals surface area contributed by atoms with Gasteiger partial charge in [0, 0.05) is 6.54 Å². The molecule has 0 aliphatic rings. The Morgan fingerprint density at radius 1 is 1.03 bits per heavy atom. The number of carbonyl (C=O) groups is 2. The Bertz CT molecular complexity index is 1210. The fourth-order valence-electron chi connectivity index (χ4n) is 2.99. The average Bonchev–Trinajstić information content (AvgIpc) is 2.76. The van der Waals surface area contributed by atoms with Gasteiger partial charge >= 0.3 is 12.1 Å². The molecule has 0 atom stereocenters. The highest BCUT2D eigenvalue weighted by molar-refractivity contribution is 6.33. The van der Waals surface area contributed by atoms with Gasteiger partial charge in [0.15, 0.2) is 6.61 Å². The minimum Gasteiger partial charge on any atom is -0.482 e. The van der Waals surface area contributed by atoms with Gasteiger partial charge in [0.1, 0.15) is 17.2 Å². The minimum absolute atomic E-state index is 0.0669. The number of benzene rings is 3. The van der Waals surface area contributed by atoms with Crippen molar-refractivity contribution in [1.82, 2.24) is 5.32 Å². The Balaban J connectivity index is 1.63. The Labute approximate surface area is 197 Å². The van der Waals surface area contributed by atoms with Crippen LogP contribution in [0.4, 0.5) is 13.2 Å². The lowest BCUT2D eigenvalue weighted by atomic mass is 10.1. The Hall–Kier alpha value is -3.72. The highest BCUT2D eigenvalue weighted by atomic mass is 35.5. The molecule has 0 radical (unpaired) electrons. The van der Waals surface area contributed by atoms with Crippen molar-refractivity contribution >= 4 is 23.5 Å². The summed E-state index contributed by atoms with van der Waals surface area (Å²) in [6.45, 7) is 1.39. The fourth-order valence-corrected chi connectivity index (χ4v) is 3.26. The van der Waals surface area contributed by atoms with Crippen LogP contribution < -0.4 is 14.8 Å². The molecule has 0 aliphatic heterocycles. The molecular weight excluding hydrogens is 475 g/mol. The Morgan fingerprint density at radius 2 is 1.76 bits per heavy atom. The summed E-state index contributed by atoms with van der Waals surface area (Å²) in [5.74, 6) is -0.286. The highest BCUT2D eigenvalue weighted by Gasteiger charge is 2.31. The van der Waals surface area contributed by atoms with Crippen LogP contribution in [0.1, 0.15) is 27.0 Å². The maximum absolute atomic E-state index is 12.8. The zero-order chi connectivity index (χ0) is 24.9. The summed E-state index contributed by atoms with van der Waals surface area (Å²) in [4.78, 5) is 23.0. The zero-order valence-electron chi connectivity index (χ0n) is 17.8. The molecule has 0 bridgehead atoms. The minimum atomic E-state index is -4.55. The molecule has 0 spiro atoms. The van der Waals surface area contributed by atoms with Crippen LogP contribution in [0.2, 0.25) is 5.02 Å². The van der Waals surface area contributed by atoms with Crippen molar-refractivity contribution in [2.75, 3.05) is 6.61 Å². The second-order valence-corrected chi connectivity index (χ2v) is 7.64. The summed E-state index contributed by atoms with van der Waals surface area (Å²) in [6, 6.07) is 14.3. The molecule has 3 rings (SSSR count). The number of carboxylic acids is 1. The molecular formula is C24H19ClF3NO5. The van der Waals surface area contributed by atoms with Gasteiger partial charge in [-0.05, 0) is 66.6 Å². The molecule has 0 saturated carbocycles. The van der Waals surface area contributed by atoms with Crippen LogP contribution in [0, 0.1) is 6.92 Å². The van der Waals surface area contributed by atoms with E-state index < -0.39 is 30.2 Å². The number of carboxylic acid groups (broad SMARTS) is 1. The number of carbonyl (C=O) groups excluding carboxylic acids is 1. The summed E-state index contributed by atoms with van der Waals surface area (Å²) in [6.07, 6.45) is -4.55. The van der Waals surface area contributed by atoms with Crippen molar-refractivity contribution in [2.24, 2.45) is 0 Å². The predicted molar refractivity (Wildman–Crippen MR) is 118 cm³/mol. The van der Waals surface area contributed by atoms with Crippen LogP contribution in [-0.4, -0.2) is 23.6 Å².